The predicted molar refractivity (Wildman–Crippen MR) is 82.8 cm³/mol. The van der Waals surface area contributed by atoms with Crippen molar-refractivity contribution in [1.29, 1.82) is 0 Å². The van der Waals surface area contributed by atoms with Crippen molar-refractivity contribution < 1.29 is 5.11 Å². The molecule has 0 fully saturated rings. The molecule has 108 valence electrons. The molecule has 0 saturated carbocycles. The maximum Gasteiger partial charge on any atom is 0.164 e. The minimum atomic E-state index is 0.362. The minimum Gasteiger partial charge on any atom is -0.504 e. The molecule has 0 bridgehead atoms. The lowest BCUT2D eigenvalue weighted by molar-refractivity contribution is 0.459. The van der Waals surface area contributed by atoms with E-state index in [1.54, 1.807) is 0 Å². The Morgan fingerprint density at radius 2 is 1.75 bits per heavy atom. The Morgan fingerprint density at radius 3 is 2.40 bits per heavy atom. The molecule has 0 radical (unpaired) electrons. The standard InChI is InChI=1S/C17H24N2O/c1-3-5-12-15-17(20)16(14-10-8-7-9-11-14)18-19(15)13-6-4-2/h7-11,20H,3-6,12-13H2,1-2H3. The molecular weight excluding hydrogens is 248 g/mol. The highest BCUT2D eigenvalue weighted by atomic mass is 16.3. The molecule has 0 aliphatic carbocycles. The van der Waals surface area contributed by atoms with E-state index in [1.807, 2.05) is 35.0 Å². The molecule has 20 heavy (non-hydrogen) atoms. The zero-order valence-corrected chi connectivity index (χ0v) is 12.5. The van der Waals surface area contributed by atoms with Crippen molar-refractivity contribution in [3.63, 3.8) is 0 Å². The first-order valence-corrected chi connectivity index (χ1v) is 7.62. The molecule has 3 heteroatoms. The summed E-state index contributed by atoms with van der Waals surface area (Å²) >= 11 is 0. The molecule has 0 saturated heterocycles. The van der Waals surface area contributed by atoms with Crippen LogP contribution in [-0.2, 0) is 13.0 Å². The third-order valence-electron chi connectivity index (χ3n) is 3.57. The second kappa shape index (κ2) is 7.13. The number of aromatic hydroxyl groups is 1. The van der Waals surface area contributed by atoms with Crippen LogP contribution in [0.3, 0.4) is 0 Å². The number of hydrogen-bond acceptors (Lipinski definition) is 2. The summed E-state index contributed by atoms with van der Waals surface area (Å²) in [4.78, 5) is 0. The summed E-state index contributed by atoms with van der Waals surface area (Å²) in [6.07, 6.45) is 5.33. The van der Waals surface area contributed by atoms with E-state index in [0.717, 1.165) is 49.9 Å². The molecule has 2 aromatic rings. The summed E-state index contributed by atoms with van der Waals surface area (Å²) in [5, 5.41) is 15.1. The summed E-state index contributed by atoms with van der Waals surface area (Å²) in [7, 11) is 0. The van der Waals surface area contributed by atoms with Gasteiger partial charge in [-0.1, -0.05) is 57.0 Å². The van der Waals surface area contributed by atoms with Gasteiger partial charge in [0.15, 0.2) is 5.75 Å². The van der Waals surface area contributed by atoms with Gasteiger partial charge in [-0.3, -0.25) is 4.68 Å². The Kier molecular flexibility index (Phi) is 5.22. The van der Waals surface area contributed by atoms with Crippen molar-refractivity contribution in [2.45, 2.75) is 52.5 Å². The van der Waals surface area contributed by atoms with Crippen LogP contribution in [0, 0.1) is 0 Å². The van der Waals surface area contributed by atoms with Crippen molar-refractivity contribution >= 4 is 0 Å². The van der Waals surface area contributed by atoms with E-state index in [0.29, 0.717) is 11.4 Å². The fourth-order valence-electron chi connectivity index (χ4n) is 2.36. The number of rotatable bonds is 7. The van der Waals surface area contributed by atoms with E-state index in [-0.39, 0.29) is 0 Å². The fraction of sp³-hybridized carbons (Fsp3) is 0.471. The van der Waals surface area contributed by atoms with Gasteiger partial charge in [0.05, 0.1) is 5.69 Å². The molecule has 1 aromatic carbocycles. The van der Waals surface area contributed by atoms with Gasteiger partial charge in [-0.25, -0.2) is 0 Å². The molecule has 1 aromatic heterocycles. The van der Waals surface area contributed by atoms with Crippen LogP contribution in [-0.4, -0.2) is 14.9 Å². The third kappa shape index (κ3) is 3.21. The summed E-state index contributed by atoms with van der Waals surface area (Å²) < 4.78 is 2.00. The van der Waals surface area contributed by atoms with Gasteiger partial charge >= 0.3 is 0 Å². The summed E-state index contributed by atoms with van der Waals surface area (Å²) in [5.74, 6) is 0.362. The Morgan fingerprint density at radius 1 is 1.05 bits per heavy atom. The van der Waals surface area contributed by atoms with Crippen molar-refractivity contribution in [3.05, 3.63) is 36.0 Å². The Bertz CT molecular complexity index is 531. The highest BCUT2D eigenvalue weighted by Gasteiger charge is 2.17. The van der Waals surface area contributed by atoms with E-state index in [2.05, 4.69) is 18.9 Å². The topological polar surface area (TPSA) is 38.1 Å². The van der Waals surface area contributed by atoms with Crippen LogP contribution >= 0.6 is 0 Å². The van der Waals surface area contributed by atoms with Crippen molar-refractivity contribution in [2.75, 3.05) is 0 Å². The predicted octanol–water partition coefficient (Wildman–Crippen LogP) is 4.40. The van der Waals surface area contributed by atoms with Gasteiger partial charge < -0.3 is 5.11 Å². The van der Waals surface area contributed by atoms with Crippen LogP contribution in [0.5, 0.6) is 5.75 Å². The van der Waals surface area contributed by atoms with Gasteiger partial charge in [-0.2, -0.15) is 5.10 Å². The van der Waals surface area contributed by atoms with Crippen molar-refractivity contribution in [3.8, 4) is 17.0 Å². The number of aryl methyl sites for hydroxylation is 1. The quantitative estimate of drug-likeness (QED) is 0.811. The van der Waals surface area contributed by atoms with E-state index in [1.165, 1.54) is 0 Å². The first-order chi connectivity index (χ1) is 9.77. The minimum absolute atomic E-state index is 0.362. The van der Waals surface area contributed by atoms with Crippen molar-refractivity contribution in [2.24, 2.45) is 0 Å². The van der Waals surface area contributed by atoms with Crippen LogP contribution in [0.15, 0.2) is 30.3 Å². The number of hydrogen-bond donors (Lipinski definition) is 1. The third-order valence-corrected chi connectivity index (χ3v) is 3.57. The van der Waals surface area contributed by atoms with Crippen molar-refractivity contribution in [1.82, 2.24) is 9.78 Å². The maximum absolute atomic E-state index is 10.5. The number of nitrogens with zero attached hydrogens (tertiary/aromatic N) is 2. The lowest BCUT2D eigenvalue weighted by Gasteiger charge is -2.06. The SMILES string of the molecule is CCCCc1c(O)c(-c2ccccc2)nn1CCCC. The lowest BCUT2D eigenvalue weighted by Crippen LogP contribution is -2.05. The highest BCUT2D eigenvalue weighted by Crippen LogP contribution is 2.32. The number of aromatic nitrogens is 2. The normalized spacial score (nSPS) is 10.9. The van der Waals surface area contributed by atoms with E-state index in [9.17, 15) is 5.11 Å². The zero-order valence-electron chi connectivity index (χ0n) is 12.5. The Hall–Kier alpha value is -1.77. The smallest absolute Gasteiger partial charge is 0.164 e. The van der Waals surface area contributed by atoms with Gasteiger partial charge in [0.1, 0.15) is 5.69 Å². The first-order valence-electron chi connectivity index (χ1n) is 7.62. The zero-order chi connectivity index (χ0) is 14.4. The molecule has 0 aliphatic rings. The van der Waals surface area contributed by atoms with Gasteiger partial charge in [0.25, 0.3) is 0 Å². The van der Waals surface area contributed by atoms with Crippen LogP contribution in [0.1, 0.15) is 45.2 Å². The molecule has 0 unspecified atom stereocenters. The van der Waals surface area contributed by atoms with Gasteiger partial charge in [-0.05, 0) is 19.3 Å². The molecule has 1 heterocycles. The average Bonchev–Trinajstić information content (AvgIpc) is 2.80. The summed E-state index contributed by atoms with van der Waals surface area (Å²) in [5.41, 5.74) is 2.69. The second-order valence-electron chi connectivity index (χ2n) is 5.19. The summed E-state index contributed by atoms with van der Waals surface area (Å²) in [6, 6.07) is 9.93. The molecule has 0 atom stereocenters. The van der Waals surface area contributed by atoms with E-state index < -0.39 is 0 Å². The fourth-order valence-corrected chi connectivity index (χ4v) is 2.36. The lowest BCUT2D eigenvalue weighted by atomic mass is 10.1. The number of benzene rings is 1. The largest absolute Gasteiger partial charge is 0.504 e. The average molecular weight is 272 g/mol. The van der Waals surface area contributed by atoms with Crippen LogP contribution in [0.25, 0.3) is 11.3 Å². The maximum atomic E-state index is 10.5. The molecule has 3 nitrogen and oxygen atoms in total. The van der Waals surface area contributed by atoms with Crippen LogP contribution in [0.2, 0.25) is 0 Å². The summed E-state index contributed by atoms with van der Waals surface area (Å²) in [6.45, 7) is 5.23. The molecule has 0 amide bonds. The highest BCUT2D eigenvalue weighted by molar-refractivity contribution is 5.67. The molecular formula is C17H24N2O. The molecule has 0 spiro atoms. The first kappa shape index (κ1) is 14.6. The number of unbranched alkanes of at least 4 members (excludes halogenated alkanes) is 2. The van der Waals surface area contributed by atoms with Crippen LogP contribution < -0.4 is 0 Å². The van der Waals surface area contributed by atoms with E-state index in [4.69, 9.17) is 0 Å². The molecule has 0 aliphatic heterocycles. The molecule has 2 rings (SSSR count). The van der Waals surface area contributed by atoms with Gasteiger partial charge in [-0.15, -0.1) is 0 Å². The van der Waals surface area contributed by atoms with Crippen LogP contribution in [0.4, 0.5) is 0 Å². The molecule has 1 N–H and O–H groups in total. The monoisotopic (exact) mass is 272 g/mol. The Labute approximate surface area is 121 Å². The van der Waals surface area contributed by atoms with E-state index >= 15 is 0 Å². The van der Waals surface area contributed by atoms with Gasteiger partial charge in [0.2, 0.25) is 0 Å². The van der Waals surface area contributed by atoms with Gasteiger partial charge in [0, 0.05) is 12.1 Å². The Balaban J connectivity index is 2.35. The second-order valence-corrected chi connectivity index (χ2v) is 5.19.